The van der Waals surface area contributed by atoms with E-state index in [1.54, 1.807) is 4.90 Å². The predicted octanol–water partition coefficient (Wildman–Crippen LogP) is 5.09. The number of carbonyl (C=O) groups excluding carboxylic acids is 2. The molecule has 1 aliphatic carbocycles. The Balaban J connectivity index is 1.63. The van der Waals surface area contributed by atoms with Gasteiger partial charge in [0.2, 0.25) is 11.8 Å². The highest BCUT2D eigenvalue weighted by atomic mass is 16.2. The van der Waals surface area contributed by atoms with Gasteiger partial charge in [-0.1, -0.05) is 80.8 Å². The molecule has 2 aromatic carbocycles. The van der Waals surface area contributed by atoms with Crippen molar-refractivity contribution in [2.45, 2.75) is 83.7 Å². The minimum Gasteiger partial charge on any atom is -0.352 e. The van der Waals surface area contributed by atoms with Gasteiger partial charge in [0.15, 0.2) is 0 Å². The van der Waals surface area contributed by atoms with Gasteiger partial charge < -0.3 is 10.2 Å². The van der Waals surface area contributed by atoms with Crippen molar-refractivity contribution < 1.29 is 9.59 Å². The van der Waals surface area contributed by atoms with E-state index < -0.39 is 6.04 Å². The summed E-state index contributed by atoms with van der Waals surface area (Å²) in [6.07, 6.45) is 8.57. The third kappa shape index (κ3) is 7.22. The molecule has 0 spiro atoms. The molecule has 2 amide bonds. The van der Waals surface area contributed by atoms with Crippen LogP contribution in [0.2, 0.25) is 0 Å². The smallest absolute Gasteiger partial charge is 0.242 e. The van der Waals surface area contributed by atoms with Crippen LogP contribution in [0, 0.1) is 0 Å². The van der Waals surface area contributed by atoms with Gasteiger partial charge in [-0.25, -0.2) is 0 Å². The van der Waals surface area contributed by atoms with E-state index in [1.165, 1.54) is 30.4 Å². The van der Waals surface area contributed by atoms with Crippen LogP contribution in [0.1, 0.15) is 69.1 Å². The van der Waals surface area contributed by atoms with E-state index in [1.807, 2.05) is 25.1 Å². The molecule has 3 rings (SSSR count). The van der Waals surface area contributed by atoms with Gasteiger partial charge in [0.1, 0.15) is 6.04 Å². The van der Waals surface area contributed by atoms with Crippen molar-refractivity contribution in [2.24, 2.45) is 0 Å². The standard InChI is InChI=1S/C28H38N2O2/c1-3-23-14-16-25(17-15-23)18-19-27(31)30(21-20-24-10-6-4-7-11-24)22(2)28(32)29-26-12-8-5-9-13-26/h4,6-7,10-11,14-17,22,26H,3,5,8-9,12-13,18-21H2,1-2H3,(H,29,32)/t22-/m1/s1. The number of benzene rings is 2. The Bertz CT molecular complexity index is 841. The molecule has 0 unspecified atom stereocenters. The molecule has 0 heterocycles. The lowest BCUT2D eigenvalue weighted by Crippen LogP contribution is -2.51. The van der Waals surface area contributed by atoms with E-state index >= 15 is 0 Å². The molecule has 32 heavy (non-hydrogen) atoms. The van der Waals surface area contributed by atoms with Crippen LogP contribution in [0.15, 0.2) is 54.6 Å². The van der Waals surface area contributed by atoms with Crippen LogP contribution in [0.4, 0.5) is 0 Å². The van der Waals surface area contributed by atoms with Crippen molar-refractivity contribution in [3.63, 3.8) is 0 Å². The Labute approximate surface area is 193 Å². The Morgan fingerprint density at radius 2 is 1.53 bits per heavy atom. The lowest BCUT2D eigenvalue weighted by molar-refractivity contribution is -0.140. The summed E-state index contributed by atoms with van der Waals surface area (Å²) < 4.78 is 0. The molecule has 0 bridgehead atoms. The fourth-order valence-electron chi connectivity index (χ4n) is 4.48. The Morgan fingerprint density at radius 3 is 2.19 bits per heavy atom. The van der Waals surface area contributed by atoms with Gasteiger partial charge in [0.05, 0.1) is 0 Å². The van der Waals surface area contributed by atoms with E-state index in [2.05, 4.69) is 48.6 Å². The molecule has 172 valence electrons. The summed E-state index contributed by atoms with van der Waals surface area (Å²) in [6, 6.07) is 18.4. The van der Waals surface area contributed by atoms with Crippen molar-refractivity contribution >= 4 is 11.8 Å². The SMILES string of the molecule is CCc1ccc(CCC(=O)N(CCc2ccccc2)[C@H](C)C(=O)NC2CCCCC2)cc1. The first-order valence-corrected chi connectivity index (χ1v) is 12.3. The number of rotatable bonds is 10. The summed E-state index contributed by atoms with van der Waals surface area (Å²) in [5, 5.41) is 3.21. The Hall–Kier alpha value is -2.62. The van der Waals surface area contributed by atoms with E-state index in [-0.39, 0.29) is 17.9 Å². The number of hydrogen-bond acceptors (Lipinski definition) is 2. The normalized spacial score (nSPS) is 15.2. The molecule has 1 N–H and O–H groups in total. The zero-order valence-electron chi connectivity index (χ0n) is 19.7. The molecular formula is C28H38N2O2. The van der Waals surface area contributed by atoms with Crippen LogP contribution in [0.5, 0.6) is 0 Å². The second kappa shape index (κ2) is 12.4. The first kappa shape index (κ1) is 24.0. The number of carbonyl (C=O) groups is 2. The minimum absolute atomic E-state index is 0.0226. The van der Waals surface area contributed by atoms with Crippen molar-refractivity contribution in [1.82, 2.24) is 10.2 Å². The fourth-order valence-corrected chi connectivity index (χ4v) is 4.48. The quantitative estimate of drug-likeness (QED) is 0.566. The number of nitrogens with one attached hydrogen (secondary N) is 1. The molecule has 1 saturated carbocycles. The number of hydrogen-bond donors (Lipinski definition) is 1. The average Bonchev–Trinajstić information content (AvgIpc) is 2.84. The van der Waals surface area contributed by atoms with Gasteiger partial charge in [0, 0.05) is 19.0 Å². The van der Waals surface area contributed by atoms with Crippen LogP contribution in [-0.4, -0.2) is 35.3 Å². The van der Waals surface area contributed by atoms with E-state index in [0.717, 1.165) is 31.2 Å². The summed E-state index contributed by atoms with van der Waals surface area (Å²) in [4.78, 5) is 28.0. The van der Waals surface area contributed by atoms with Gasteiger partial charge in [0.25, 0.3) is 0 Å². The molecule has 0 radical (unpaired) electrons. The third-order valence-electron chi connectivity index (χ3n) is 6.66. The molecule has 1 fully saturated rings. The molecule has 1 atom stereocenters. The maximum absolute atomic E-state index is 13.2. The van der Waals surface area contributed by atoms with Gasteiger partial charge >= 0.3 is 0 Å². The highest BCUT2D eigenvalue weighted by Crippen LogP contribution is 2.18. The summed E-state index contributed by atoms with van der Waals surface area (Å²) in [7, 11) is 0. The zero-order valence-corrected chi connectivity index (χ0v) is 19.7. The lowest BCUT2D eigenvalue weighted by atomic mass is 9.95. The number of amides is 2. The minimum atomic E-state index is -0.462. The molecule has 4 nitrogen and oxygen atoms in total. The number of aryl methyl sites for hydroxylation is 2. The van der Waals surface area contributed by atoms with Crippen LogP contribution >= 0.6 is 0 Å². The monoisotopic (exact) mass is 434 g/mol. The lowest BCUT2D eigenvalue weighted by Gasteiger charge is -2.31. The molecule has 2 aromatic rings. The maximum Gasteiger partial charge on any atom is 0.242 e. The average molecular weight is 435 g/mol. The van der Waals surface area contributed by atoms with Crippen molar-refractivity contribution in [3.05, 3.63) is 71.3 Å². The predicted molar refractivity (Wildman–Crippen MR) is 130 cm³/mol. The van der Waals surface area contributed by atoms with E-state index in [0.29, 0.717) is 19.4 Å². The zero-order chi connectivity index (χ0) is 22.8. The fraction of sp³-hybridized carbons (Fsp3) is 0.500. The van der Waals surface area contributed by atoms with Crippen molar-refractivity contribution in [1.29, 1.82) is 0 Å². The van der Waals surface area contributed by atoms with Crippen LogP contribution in [-0.2, 0) is 28.9 Å². The first-order chi connectivity index (χ1) is 15.6. The first-order valence-electron chi connectivity index (χ1n) is 12.3. The summed E-state index contributed by atoms with van der Waals surface area (Å²) >= 11 is 0. The Kier molecular flexibility index (Phi) is 9.33. The van der Waals surface area contributed by atoms with Gasteiger partial charge in [-0.05, 0) is 55.7 Å². The van der Waals surface area contributed by atoms with E-state index in [4.69, 9.17) is 0 Å². The van der Waals surface area contributed by atoms with E-state index in [9.17, 15) is 9.59 Å². The third-order valence-corrected chi connectivity index (χ3v) is 6.66. The summed E-state index contributed by atoms with van der Waals surface area (Å²) in [5.41, 5.74) is 3.65. The highest BCUT2D eigenvalue weighted by molar-refractivity contribution is 5.87. The summed E-state index contributed by atoms with van der Waals surface area (Å²) in [6.45, 7) is 4.57. The van der Waals surface area contributed by atoms with Crippen LogP contribution in [0.25, 0.3) is 0 Å². The Morgan fingerprint density at radius 1 is 0.906 bits per heavy atom. The van der Waals surface area contributed by atoms with Gasteiger partial charge in [-0.2, -0.15) is 0 Å². The van der Waals surface area contributed by atoms with Crippen molar-refractivity contribution in [2.75, 3.05) is 6.54 Å². The molecule has 0 saturated heterocycles. The largest absolute Gasteiger partial charge is 0.352 e. The number of nitrogens with zero attached hydrogens (tertiary/aromatic N) is 1. The second-order valence-corrected chi connectivity index (χ2v) is 9.01. The molecule has 0 aliphatic heterocycles. The van der Waals surface area contributed by atoms with Gasteiger partial charge in [-0.15, -0.1) is 0 Å². The highest BCUT2D eigenvalue weighted by Gasteiger charge is 2.27. The molecule has 4 heteroatoms. The second-order valence-electron chi connectivity index (χ2n) is 9.01. The molecule has 0 aromatic heterocycles. The topological polar surface area (TPSA) is 49.4 Å². The molecule has 1 aliphatic rings. The van der Waals surface area contributed by atoms with Gasteiger partial charge in [-0.3, -0.25) is 9.59 Å². The maximum atomic E-state index is 13.2. The van der Waals surface area contributed by atoms with Crippen LogP contribution in [0.3, 0.4) is 0 Å². The van der Waals surface area contributed by atoms with Crippen LogP contribution < -0.4 is 5.32 Å². The molecular weight excluding hydrogens is 396 g/mol. The van der Waals surface area contributed by atoms with Crippen molar-refractivity contribution in [3.8, 4) is 0 Å². The summed E-state index contributed by atoms with van der Waals surface area (Å²) in [5.74, 6) is 0.0254.